The molecule has 1 unspecified atom stereocenters. The van der Waals surface area contributed by atoms with Gasteiger partial charge >= 0.3 is 0 Å². The second kappa shape index (κ2) is 8.79. The number of aromatic nitrogens is 2. The third-order valence-corrected chi connectivity index (χ3v) is 6.65. The maximum Gasteiger partial charge on any atom is 0.274 e. The lowest BCUT2D eigenvalue weighted by Gasteiger charge is -2.40. The van der Waals surface area contributed by atoms with Crippen LogP contribution < -0.4 is 4.74 Å². The molecule has 2 aliphatic rings. The molecule has 1 aromatic heterocycles. The SMILES string of the molecule is Cc1ccccc1C(c1ccccc1)N1CCN(C(=O)c2nn3c(c2C)OCCC3)CC1. The lowest BCUT2D eigenvalue weighted by Crippen LogP contribution is -2.50. The van der Waals surface area contributed by atoms with E-state index in [0.717, 1.165) is 37.5 Å². The van der Waals surface area contributed by atoms with Gasteiger partial charge in [0.2, 0.25) is 5.88 Å². The molecule has 5 rings (SSSR count). The number of rotatable bonds is 4. The van der Waals surface area contributed by atoms with Crippen molar-refractivity contribution in [2.45, 2.75) is 32.9 Å². The number of benzene rings is 2. The van der Waals surface area contributed by atoms with Gasteiger partial charge in [0.1, 0.15) is 0 Å². The Balaban J connectivity index is 1.35. The number of carbonyl (C=O) groups excluding carboxylic acids is 1. The second-order valence-electron chi connectivity index (χ2n) is 8.70. The highest BCUT2D eigenvalue weighted by atomic mass is 16.5. The number of carbonyl (C=O) groups is 1. The van der Waals surface area contributed by atoms with Gasteiger partial charge in [-0.1, -0.05) is 54.6 Å². The summed E-state index contributed by atoms with van der Waals surface area (Å²) >= 11 is 0. The Labute approximate surface area is 189 Å². The number of fused-ring (bicyclic) bond motifs is 1. The van der Waals surface area contributed by atoms with Crippen LogP contribution in [0.2, 0.25) is 0 Å². The molecule has 0 aliphatic carbocycles. The Morgan fingerprint density at radius 2 is 1.66 bits per heavy atom. The quantitative estimate of drug-likeness (QED) is 0.631. The maximum absolute atomic E-state index is 13.3. The molecule has 3 heterocycles. The molecular formula is C26H30N4O2. The number of amides is 1. The standard InChI is InChI=1S/C26H30N4O2/c1-19-9-6-7-12-22(19)24(21-10-4-3-5-11-21)28-14-16-29(17-15-28)25(31)23-20(2)26-30(27-23)13-8-18-32-26/h3-7,9-12,24H,8,13-18H2,1-2H3. The molecule has 0 bridgehead atoms. The van der Waals surface area contributed by atoms with E-state index in [1.165, 1.54) is 16.7 Å². The first-order valence-corrected chi connectivity index (χ1v) is 11.5. The molecule has 2 aliphatic heterocycles. The van der Waals surface area contributed by atoms with E-state index >= 15 is 0 Å². The summed E-state index contributed by atoms with van der Waals surface area (Å²) < 4.78 is 7.59. The highest BCUT2D eigenvalue weighted by Crippen LogP contribution is 2.32. The smallest absolute Gasteiger partial charge is 0.274 e. The van der Waals surface area contributed by atoms with Gasteiger partial charge in [-0.15, -0.1) is 0 Å². The zero-order chi connectivity index (χ0) is 22.1. The van der Waals surface area contributed by atoms with Crippen molar-refractivity contribution in [1.29, 1.82) is 0 Å². The molecule has 1 saturated heterocycles. The van der Waals surface area contributed by atoms with Gasteiger partial charge in [-0.2, -0.15) is 5.10 Å². The fraction of sp³-hybridized carbons (Fsp3) is 0.385. The Hall–Kier alpha value is -3.12. The van der Waals surface area contributed by atoms with Gasteiger partial charge in [-0.05, 0) is 30.5 Å². The topological polar surface area (TPSA) is 50.6 Å². The molecule has 32 heavy (non-hydrogen) atoms. The molecule has 2 aromatic carbocycles. The van der Waals surface area contributed by atoms with Crippen LogP contribution in [0.25, 0.3) is 0 Å². The normalized spacial score (nSPS) is 17.5. The highest BCUT2D eigenvalue weighted by molar-refractivity contribution is 5.94. The van der Waals surface area contributed by atoms with Gasteiger partial charge in [-0.25, -0.2) is 4.68 Å². The monoisotopic (exact) mass is 430 g/mol. The summed E-state index contributed by atoms with van der Waals surface area (Å²) in [6.07, 6.45) is 0.931. The molecule has 0 spiro atoms. The van der Waals surface area contributed by atoms with Crippen molar-refractivity contribution in [3.63, 3.8) is 0 Å². The van der Waals surface area contributed by atoms with Gasteiger partial charge in [0, 0.05) is 44.7 Å². The predicted molar refractivity (Wildman–Crippen MR) is 124 cm³/mol. The van der Waals surface area contributed by atoms with Crippen molar-refractivity contribution < 1.29 is 9.53 Å². The van der Waals surface area contributed by atoms with Gasteiger partial charge < -0.3 is 9.64 Å². The largest absolute Gasteiger partial charge is 0.478 e. The number of piperazine rings is 1. The van der Waals surface area contributed by atoms with Gasteiger partial charge in [0.05, 0.1) is 12.6 Å². The summed E-state index contributed by atoms with van der Waals surface area (Å²) in [5.74, 6) is 0.765. The first-order valence-electron chi connectivity index (χ1n) is 11.5. The number of ether oxygens (including phenoxy) is 1. The van der Waals surface area contributed by atoms with Crippen LogP contribution in [0.15, 0.2) is 54.6 Å². The lowest BCUT2D eigenvalue weighted by molar-refractivity contribution is 0.0590. The second-order valence-corrected chi connectivity index (χ2v) is 8.70. The first-order chi connectivity index (χ1) is 15.6. The third kappa shape index (κ3) is 3.79. The average Bonchev–Trinajstić information content (AvgIpc) is 3.18. The summed E-state index contributed by atoms with van der Waals surface area (Å²) in [6, 6.07) is 19.5. The van der Waals surface area contributed by atoms with Crippen LogP contribution in [0.1, 0.15) is 45.2 Å². The Morgan fingerprint density at radius 3 is 2.38 bits per heavy atom. The zero-order valence-electron chi connectivity index (χ0n) is 18.8. The van der Waals surface area contributed by atoms with Crippen molar-refractivity contribution in [3.05, 3.63) is 82.5 Å². The Morgan fingerprint density at radius 1 is 0.938 bits per heavy atom. The molecule has 166 valence electrons. The van der Waals surface area contributed by atoms with Crippen molar-refractivity contribution in [2.24, 2.45) is 0 Å². The Bertz CT molecular complexity index is 1100. The number of aryl methyl sites for hydroxylation is 2. The molecular weight excluding hydrogens is 400 g/mol. The fourth-order valence-electron chi connectivity index (χ4n) is 4.91. The van der Waals surface area contributed by atoms with E-state index in [4.69, 9.17) is 4.74 Å². The molecule has 1 atom stereocenters. The number of nitrogens with zero attached hydrogens (tertiary/aromatic N) is 4. The lowest BCUT2D eigenvalue weighted by atomic mass is 9.93. The summed E-state index contributed by atoms with van der Waals surface area (Å²) in [5.41, 5.74) is 5.30. The molecule has 1 fully saturated rings. The van der Waals surface area contributed by atoms with Crippen LogP contribution in [0, 0.1) is 13.8 Å². The molecule has 3 aromatic rings. The summed E-state index contributed by atoms with van der Waals surface area (Å²) in [6.45, 7) is 8.65. The van der Waals surface area contributed by atoms with Crippen LogP contribution in [-0.2, 0) is 6.54 Å². The van der Waals surface area contributed by atoms with Gasteiger partial charge in [0.15, 0.2) is 5.69 Å². The van der Waals surface area contributed by atoms with E-state index in [1.54, 1.807) is 0 Å². The number of hydrogen-bond acceptors (Lipinski definition) is 4. The summed E-state index contributed by atoms with van der Waals surface area (Å²) in [7, 11) is 0. The van der Waals surface area contributed by atoms with Crippen LogP contribution in [0.3, 0.4) is 0 Å². The van der Waals surface area contributed by atoms with Crippen LogP contribution in [-0.4, -0.2) is 58.3 Å². The van der Waals surface area contributed by atoms with Gasteiger partial charge in [-0.3, -0.25) is 9.69 Å². The summed E-state index contributed by atoms with van der Waals surface area (Å²) in [4.78, 5) is 17.7. The molecule has 0 radical (unpaired) electrons. The minimum atomic E-state index is 0.0137. The van der Waals surface area contributed by atoms with Gasteiger partial charge in [0.25, 0.3) is 5.91 Å². The summed E-state index contributed by atoms with van der Waals surface area (Å²) in [5, 5.41) is 4.57. The van der Waals surface area contributed by atoms with Crippen LogP contribution >= 0.6 is 0 Å². The molecule has 0 saturated carbocycles. The minimum Gasteiger partial charge on any atom is -0.478 e. The third-order valence-electron chi connectivity index (χ3n) is 6.65. The van der Waals surface area contributed by atoms with Crippen LogP contribution in [0.5, 0.6) is 5.88 Å². The van der Waals surface area contributed by atoms with E-state index in [9.17, 15) is 4.79 Å². The fourth-order valence-corrected chi connectivity index (χ4v) is 4.91. The molecule has 0 N–H and O–H groups in total. The van der Waals surface area contributed by atoms with E-state index in [-0.39, 0.29) is 11.9 Å². The minimum absolute atomic E-state index is 0.0137. The predicted octanol–water partition coefficient (Wildman–Crippen LogP) is 3.83. The van der Waals surface area contributed by atoms with E-state index < -0.39 is 0 Å². The van der Waals surface area contributed by atoms with E-state index in [1.807, 2.05) is 16.5 Å². The maximum atomic E-state index is 13.3. The molecule has 1 amide bonds. The first kappa shape index (κ1) is 20.8. The van der Waals surface area contributed by atoms with Crippen molar-refractivity contribution in [1.82, 2.24) is 19.6 Å². The highest BCUT2D eigenvalue weighted by Gasteiger charge is 2.32. The van der Waals surface area contributed by atoms with Crippen LogP contribution in [0.4, 0.5) is 0 Å². The number of hydrogen-bond donors (Lipinski definition) is 0. The van der Waals surface area contributed by atoms with E-state index in [0.29, 0.717) is 25.4 Å². The van der Waals surface area contributed by atoms with Crippen molar-refractivity contribution >= 4 is 5.91 Å². The Kier molecular flexibility index (Phi) is 5.70. The average molecular weight is 431 g/mol. The van der Waals surface area contributed by atoms with Crippen molar-refractivity contribution in [2.75, 3.05) is 32.8 Å². The van der Waals surface area contributed by atoms with Crippen molar-refractivity contribution in [3.8, 4) is 5.88 Å². The molecule has 6 heteroatoms. The zero-order valence-corrected chi connectivity index (χ0v) is 18.8. The van der Waals surface area contributed by atoms with E-state index in [2.05, 4.69) is 71.5 Å². The molecule has 6 nitrogen and oxygen atoms in total.